The maximum Gasteiger partial charge on any atom is 0.294 e. The molecule has 5 nitrogen and oxygen atoms in total. The summed E-state index contributed by atoms with van der Waals surface area (Å²) in [6.07, 6.45) is 2.51. The predicted molar refractivity (Wildman–Crippen MR) is 123 cm³/mol. The van der Waals surface area contributed by atoms with Crippen LogP contribution in [0.3, 0.4) is 0 Å². The van der Waals surface area contributed by atoms with E-state index in [1.165, 1.54) is 11.1 Å². The summed E-state index contributed by atoms with van der Waals surface area (Å²) in [5.74, 6) is -0.603. The van der Waals surface area contributed by atoms with Gasteiger partial charge in [-0.15, -0.1) is 0 Å². The smallest absolute Gasteiger partial charge is 0.294 e. The van der Waals surface area contributed by atoms with Crippen molar-refractivity contribution in [1.29, 1.82) is 0 Å². The Morgan fingerprint density at radius 2 is 1.71 bits per heavy atom. The van der Waals surface area contributed by atoms with Crippen LogP contribution in [0.4, 0.5) is 4.79 Å². The van der Waals surface area contributed by atoms with Crippen molar-refractivity contribution in [1.82, 2.24) is 9.80 Å². The van der Waals surface area contributed by atoms with Crippen molar-refractivity contribution in [2.45, 2.75) is 39.2 Å². The summed E-state index contributed by atoms with van der Waals surface area (Å²) in [5.41, 5.74) is 4.47. The lowest BCUT2D eigenvalue weighted by atomic mass is 9.87. The van der Waals surface area contributed by atoms with Crippen LogP contribution in [0.25, 0.3) is 6.08 Å². The van der Waals surface area contributed by atoms with Crippen LogP contribution in [-0.2, 0) is 28.0 Å². The van der Waals surface area contributed by atoms with Crippen molar-refractivity contribution >= 4 is 34.9 Å². The fourth-order valence-corrected chi connectivity index (χ4v) is 4.65. The van der Waals surface area contributed by atoms with E-state index in [4.69, 9.17) is 0 Å². The molecule has 0 bridgehead atoms. The summed E-state index contributed by atoms with van der Waals surface area (Å²) in [7, 11) is 0. The molecule has 6 heteroatoms. The van der Waals surface area contributed by atoms with Crippen LogP contribution in [0.5, 0.6) is 0 Å². The van der Waals surface area contributed by atoms with Crippen LogP contribution in [0.2, 0.25) is 0 Å². The number of carbonyl (C=O) groups excluding carboxylic acids is 3. The highest BCUT2D eigenvalue weighted by Crippen LogP contribution is 2.33. The molecule has 2 aliphatic heterocycles. The van der Waals surface area contributed by atoms with Gasteiger partial charge in [0.15, 0.2) is 0 Å². The number of hydrogen-bond donors (Lipinski definition) is 0. The topological polar surface area (TPSA) is 57.7 Å². The van der Waals surface area contributed by atoms with Gasteiger partial charge >= 0.3 is 0 Å². The first-order valence-corrected chi connectivity index (χ1v) is 11.2. The van der Waals surface area contributed by atoms with Crippen molar-refractivity contribution < 1.29 is 14.4 Å². The first-order valence-electron chi connectivity index (χ1n) is 10.4. The van der Waals surface area contributed by atoms with Gasteiger partial charge in [-0.25, -0.2) is 0 Å². The zero-order chi connectivity index (χ0) is 22.2. The number of imide groups is 1. The van der Waals surface area contributed by atoms with Crippen molar-refractivity contribution in [2.24, 2.45) is 0 Å². The summed E-state index contributed by atoms with van der Waals surface area (Å²) >= 11 is 0.891. The summed E-state index contributed by atoms with van der Waals surface area (Å²) < 4.78 is 0. The van der Waals surface area contributed by atoms with E-state index in [-0.39, 0.29) is 17.9 Å². The Labute approximate surface area is 187 Å². The van der Waals surface area contributed by atoms with Crippen molar-refractivity contribution in [2.75, 3.05) is 13.1 Å². The van der Waals surface area contributed by atoms with E-state index in [1.807, 2.05) is 42.5 Å². The molecule has 0 aliphatic carbocycles. The summed E-state index contributed by atoms with van der Waals surface area (Å²) in [6.45, 7) is 7.33. The van der Waals surface area contributed by atoms with Gasteiger partial charge in [0.25, 0.3) is 11.1 Å². The normalized spacial score (nSPS) is 18.0. The van der Waals surface area contributed by atoms with Gasteiger partial charge in [-0.3, -0.25) is 19.3 Å². The molecule has 0 saturated carbocycles. The molecule has 2 heterocycles. The second kappa shape index (κ2) is 8.35. The van der Waals surface area contributed by atoms with E-state index < -0.39 is 11.1 Å². The van der Waals surface area contributed by atoms with E-state index in [9.17, 15) is 14.4 Å². The third-order valence-electron chi connectivity index (χ3n) is 5.72. The number of thioether (sulfide) groups is 1. The monoisotopic (exact) mass is 434 g/mol. The minimum atomic E-state index is -0.402. The minimum Gasteiger partial charge on any atom is -0.336 e. The fraction of sp³-hybridized carbons (Fsp3) is 0.320. The van der Waals surface area contributed by atoms with Crippen molar-refractivity contribution in [3.05, 3.63) is 75.7 Å². The lowest BCUT2D eigenvalue weighted by molar-refractivity contribution is -0.136. The number of benzene rings is 2. The molecule has 0 unspecified atom stereocenters. The summed E-state index contributed by atoms with van der Waals surface area (Å²) in [6, 6.07) is 16.0. The fourth-order valence-electron chi connectivity index (χ4n) is 3.81. The Morgan fingerprint density at radius 3 is 2.39 bits per heavy atom. The maximum atomic E-state index is 12.8. The first-order chi connectivity index (χ1) is 14.7. The Morgan fingerprint density at radius 1 is 1.03 bits per heavy atom. The van der Waals surface area contributed by atoms with Crippen molar-refractivity contribution in [3.63, 3.8) is 0 Å². The van der Waals surface area contributed by atoms with Gasteiger partial charge in [-0.1, -0.05) is 69.3 Å². The van der Waals surface area contributed by atoms with Crippen molar-refractivity contribution in [3.8, 4) is 0 Å². The number of amides is 3. The summed E-state index contributed by atoms with van der Waals surface area (Å²) in [5, 5.41) is -0.395. The molecule has 160 valence electrons. The second-order valence-electron chi connectivity index (χ2n) is 8.97. The molecule has 31 heavy (non-hydrogen) atoms. The van der Waals surface area contributed by atoms with Gasteiger partial charge in [0.1, 0.15) is 6.54 Å². The molecule has 2 aromatic carbocycles. The lowest BCUT2D eigenvalue weighted by Gasteiger charge is -2.29. The van der Waals surface area contributed by atoms with E-state index >= 15 is 0 Å². The quantitative estimate of drug-likeness (QED) is 0.662. The molecule has 4 rings (SSSR count). The SMILES string of the molecule is CC(C)(C)c1ccc(/C=C2\SC(=O)N(CC(=O)N3CCc4ccccc4C3)C2=O)cc1. The zero-order valence-corrected chi connectivity index (χ0v) is 18.9. The Balaban J connectivity index is 1.44. The number of fused-ring (bicyclic) bond motifs is 1. The largest absolute Gasteiger partial charge is 0.336 e. The molecule has 1 fully saturated rings. The molecule has 0 radical (unpaired) electrons. The van der Waals surface area contributed by atoms with Crippen LogP contribution in [0.1, 0.15) is 43.0 Å². The molecule has 0 atom stereocenters. The highest BCUT2D eigenvalue weighted by atomic mass is 32.2. The molecule has 2 aromatic rings. The molecule has 3 amide bonds. The zero-order valence-electron chi connectivity index (χ0n) is 18.1. The molecular weight excluding hydrogens is 408 g/mol. The van der Waals surface area contributed by atoms with Gasteiger partial charge in [0.05, 0.1) is 4.91 Å². The van der Waals surface area contributed by atoms with Crippen LogP contribution in [0, 0.1) is 0 Å². The lowest BCUT2D eigenvalue weighted by Crippen LogP contribution is -2.44. The van der Waals surface area contributed by atoms with Crippen LogP contribution in [-0.4, -0.2) is 39.9 Å². The van der Waals surface area contributed by atoms with E-state index in [0.717, 1.165) is 34.2 Å². The highest BCUT2D eigenvalue weighted by molar-refractivity contribution is 8.18. The highest BCUT2D eigenvalue weighted by Gasteiger charge is 2.37. The average molecular weight is 435 g/mol. The second-order valence-corrected chi connectivity index (χ2v) is 9.97. The Kier molecular flexibility index (Phi) is 5.75. The van der Waals surface area contributed by atoms with Crippen LogP contribution in [0.15, 0.2) is 53.4 Å². The Bertz CT molecular complexity index is 1070. The van der Waals surface area contributed by atoms with E-state index in [1.54, 1.807) is 11.0 Å². The van der Waals surface area contributed by atoms with Crippen LogP contribution < -0.4 is 0 Å². The van der Waals surface area contributed by atoms with Gasteiger partial charge in [-0.2, -0.15) is 0 Å². The average Bonchev–Trinajstić information content (AvgIpc) is 3.00. The third kappa shape index (κ3) is 4.59. The minimum absolute atomic E-state index is 0.0473. The summed E-state index contributed by atoms with van der Waals surface area (Å²) in [4.78, 5) is 41.2. The number of rotatable bonds is 3. The molecule has 2 aliphatic rings. The Hall–Kier alpha value is -2.86. The number of nitrogens with zero attached hydrogens (tertiary/aromatic N) is 2. The molecular formula is C25H26N2O3S. The standard InChI is InChI=1S/C25H26N2O3S/c1-25(2,3)20-10-8-17(9-11-20)14-21-23(29)27(24(30)31-21)16-22(28)26-13-12-18-6-4-5-7-19(18)15-26/h4-11,14H,12-13,15-16H2,1-3H3/b21-14-. The van der Waals surface area contributed by atoms with Gasteiger partial charge in [0.2, 0.25) is 5.91 Å². The molecule has 0 spiro atoms. The van der Waals surface area contributed by atoms with Gasteiger partial charge in [0, 0.05) is 13.1 Å². The predicted octanol–water partition coefficient (Wildman–Crippen LogP) is 4.61. The number of hydrogen-bond acceptors (Lipinski definition) is 4. The van der Waals surface area contributed by atoms with E-state index in [0.29, 0.717) is 18.0 Å². The maximum absolute atomic E-state index is 12.8. The molecule has 0 aromatic heterocycles. The van der Waals surface area contributed by atoms with Crippen LogP contribution >= 0.6 is 11.8 Å². The number of carbonyl (C=O) groups is 3. The van der Waals surface area contributed by atoms with E-state index in [2.05, 4.69) is 26.8 Å². The first kappa shape index (κ1) is 21.4. The van der Waals surface area contributed by atoms with Gasteiger partial charge in [-0.05, 0) is 51.9 Å². The third-order valence-corrected chi connectivity index (χ3v) is 6.63. The molecule has 1 saturated heterocycles. The van der Waals surface area contributed by atoms with Gasteiger partial charge < -0.3 is 4.90 Å². The molecule has 0 N–H and O–H groups in total.